The summed E-state index contributed by atoms with van der Waals surface area (Å²) in [5.41, 5.74) is 10.9. The second-order valence-corrected chi connectivity index (χ2v) is 3.66. The first-order valence-electron chi connectivity index (χ1n) is 5.04. The minimum Gasteiger partial charge on any atom is -0.367 e. The lowest BCUT2D eigenvalue weighted by Crippen LogP contribution is -2.44. The summed E-state index contributed by atoms with van der Waals surface area (Å²) in [6.07, 6.45) is -3.08. The Morgan fingerprint density at radius 3 is 1.82 bits per heavy atom. The summed E-state index contributed by atoms with van der Waals surface area (Å²) in [6, 6.07) is 8.92. The van der Waals surface area contributed by atoms with Gasteiger partial charge in [-0.25, -0.2) is 0 Å². The number of benzene rings is 1. The number of ether oxygens (including phenoxy) is 2. The van der Waals surface area contributed by atoms with Gasteiger partial charge >= 0.3 is 0 Å². The van der Waals surface area contributed by atoms with Gasteiger partial charge in [0.05, 0.1) is 0 Å². The highest BCUT2D eigenvalue weighted by Gasteiger charge is 2.43. The second kappa shape index (κ2) is 4.52. The van der Waals surface area contributed by atoms with E-state index in [0.29, 0.717) is 5.56 Å². The van der Waals surface area contributed by atoms with Crippen molar-refractivity contribution < 1.29 is 19.1 Å². The summed E-state index contributed by atoms with van der Waals surface area (Å²) in [6.45, 7) is 0. The molecule has 1 aliphatic rings. The zero-order valence-electron chi connectivity index (χ0n) is 8.91. The average molecular weight is 236 g/mol. The first kappa shape index (κ1) is 11.6. The molecule has 0 bridgehead atoms. The summed E-state index contributed by atoms with van der Waals surface area (Å²) in [5.74, 6) is -1.54. The Kier molecular flexibility index (Phi) is 3.08. The lowest BCUT2D eigenvalue weighted by Gasteiger charge is -2.09. The highest BCUT2D eigenvalue weighted by atomic mass is 16.7. The highest BCUT2D eigenvalue weighted by molar-refractivity contribution is 5.89. The number of hydrogen-bond acceptors (Lipinski definition) is 4. The van der Waals surface area contributed by atoms with Crippen LogP contribution in [-0.2, 0) is 19.1 Å². The minimum atomic E-state index is -1.14. The minimum absolute atomic E-state index is 0.697. The van der Waals surface area contributed by atoms with Gasteiger partial charge in [0.1, 0.15) is 0 Å². The number of carbonyl (C=O) groups is 2. The molecule has 4 N–H and O–H groups in total. The molecule has 1 aliphatic heterocycles. The molecule has 0 spiro atoms. The molecule has 0 aliphatic carbocycles. The number of primary amides is 2. The standard InChI is InChI=1S/C11H12N2O4/c12-9(14)7-8(10(13)15)17-11(16-7)6-4-2-1-3-5-6/h1-5,7-8,11H,(H2,12,14)(H2,13,15). The van der Waals surface area contributed by atoms with Crippen LogP contribution in [0, 0.1) is 0 Å². The molecule has 0 aromatic heterocycles. The van der Waals surface area contributed by atoms with Gasteiger partial charge in [0, 0.05) is 5.56 Å². The molecule has 90 valence electrons. The van der Waals surface area contributed by atoms with Crippen molar-refractivity contribution in [2.24, 2.45) is 11.5 Å². The summed E-state index contributed by atoms with van der Waals surface area (Å²) < 4.78 is 10.6. The molecule has 2 unspecified atom stereocenters. The summed E-state index contributed by atoms with van der Waals surface area (Å²) in [7, 11) is 0. The van der Waals surface area contributed by atoms with Crippen molar-refractivity contribution in [1.29, 1.82) is 0 Å². The fourth-order valence-electron chi connectivity index (χ4n) is 1.64. The summed E-state index contributed by atoms with van der Waals surface area (Å²) in [4.78, 5) is 22.2. The number of nitrogens with two attached hydrogens (primary N) is 2. The Morgan fingerprint density at radius 2 is 1.41 bits per heavy atom. The first-order valence-corrected chi connectivity index (χ1v) is 5.04. The fraction of sp³-hybridized carbons (Fsp3) is 0.273. The Balaban J connectivity index is 2.20. The van der Waals surface area contributed by atoms with E-state index in [0.717, 1.165) is 0 Å². The largest absolute Gasteiger partial charge is 0.367 e. The van der Waals surface area contributed by atoms with Gasteiger partial charge in [-0.2, -0.15) is 0 Å². The normalized spacial score (nSPS) is 27.9. The Bertz CT molecular complexity index is 412. The van der Waals surface area contributed by atoms with Crippen LogP contribution in [0.25, 0.3) is 0 Å². The molecule has 1 aromatic carbocycles. The van der Waals surface area contributed by atoms with E-state index in [1.165, 1.54) is 0 Å². The second-order valence-electron chi connectivity index (χ2n) is 3.66. The lowest BCUT2D eigenvalue weighted by molar-refractivity contribution is -0.133. The molecule has 2 amide bonds. The summed E-state index contributed by atoms with van der Waals surface area (Å²) >= 11 is 0. The van der Waals surface area contributed by atoms with Crippen LogP contribution in [0.3, 0.4) is 0 Å². The Morgan fingerprint density at radius 1 is 0.941 bits per heavy atom. The molecule has 2 rings (SSSR count). The van der Waals surface area contributed by atoms with E-state index in [1.807, 2.05) is 6.07 Å². The van der Waals surface area contributed by atoms with Gasteiger partial charge in [0.2, 0.25) is 11.8 Å². The van der Waals surface area contributed by atoms with E-state index < -0.39 is 30.3 Å². The zero-order chi connectivity index (χ0) is 12.4. The smallest absolute Gasteiger partial charge is 0.249 e. The molecule has 2 atom stereocenters. The van der Waals surface area contributed by atoms with E-state index >= 15 is 0 Å². The predicted molar refractivity (Wildman–Crippen MR) is 57.3 cm³/mol. The molecule has 0 radical (unpaired) electrons. The fourth-order valence-corrected chi connectivity index (χ4v) is 1.64. The van der Waals surface area contributed by atoms with Crippen molar-refractivity contribution in [2.75, 3.05) is 0 Å². The average Bonchev–Trinajstić information content (AvgIpc) is 2.75. The van der Waals surface area contributed by atoms with Crippen LogP contribution < -0.4 is 11.5 Å². The van der Waals surface area contributed by atoms with Crippen molar-refractivity contribution in [3.05, 3.63) is 35.9 Å². The third-order valence-electron chi connectivity index (χ3n) is 2.45. The third kappa shape index (κ3) is 2.27. The first-order chi connectivity index (χ1) is 8.09. The van der Waals surface area contributed by atoms with Gasteiger partial charge in [-0.15, -0.1) is 0 Å². The van der Waals surface area contributed by atoms with Gasteiger partial charge < -0.3 is 20.9 Å². The topological polar surface area (TPSA) is 105 Å². The summed E-state index contributed by atoms with van der Waals surface area (Å²) in [5, 5.41) is 0. The van der Waals surface area contributed by atoms with Crippen LogP contribution in [0.1, 0.15) is 11.9 Å². The van der Waals surface area contributed by atoms with Gasteiger partial charge in [-0.05, 0) is 0 Å². The molecule has 6 heteroatoms. The number of amides is 2. The molecule has 0 saturated carbocycles. The molecule has 1 aromatic rings. The van der Waals surface area contributed by atoms with Crippen LogP contribution in [0.4, 0.5) is 0 Å². The van der Waals surface area contributed by atoms with Crippen molar-refractivity contribution in [2.45, 2.75) is 18.5 Å². The van der Waals surface area contributed by atoms with Crippen molar-refractivity contribution in [3.63, 3.8) is 0 Å². The predicted octanol–water partition coefficient (Wildman–Crippen LogP) is -0.560. The van der Waals surface area contributed by atoms with Crippen LogP contribution in [0.5, 0.6) is 0 Å². The van der Waals surface area contributed by atoms with Crippen LogP contribution in [-0.4, -0.2) is 24.0 Å². The number of carbonyl (C=O) groups excluding carboxylic acids is 2. The molecular weight excluding hydrogens is 224 g/mol. The Hall–Kier alpha value is -1.92. The van der Waals surface area contributed by atoms with Gasteiger partial charge in [-0.3, -0.25) is 9.59 Å². The quantitative estimate of drug-likeness (QED) is 0.733. The van der Waals surface area contributed by atoms with Crippen molar-refractivity contribution in [1.82, 2.24) is 0 Å². The third-order valence-corrected chi connectivity index (χ3v) is 2.45. The van der Waals surface area contributed by atoms with Gasteiger partial charge in [0.15, 0.2) is 18.5 Å². The van der Waals surface area contributed by atoms with E-state index in [2.05, 4.69) is 0 Å². The molecule has 1 fully saturated rings. The Labute approximate surface area is 97.5 Å². The maximum Gasteiger partial charge on any atom is 0.249 e. The van der Waals surface area contributed by atoms with Crippen molar-refractivity contribution >= 4 is 11.8 Å². The molecule has 17 heavy (non-hydrogen) atoms. The van der Waals surface area contributed by atoms with Crippen LogP contribution in [0.15, 0.2) is 30.3 Å². The lowest BCUT2D eigenvalue weighted by atomic mass is 10.2. The SMILES string of the molecule is NC(=O)C1OC(c2ccccc2)OC1C(N)=O. The maximum atomic E-state index is 11.1. The van der Waals surface area contributed by atoms with E-state index in [1.54, 1.807) is 24.3 Å². The van der Waals surface area contributed by atoms with Gasteiger partial charge in [0.25, 0.3) is 0 Å². The molecular formula is C11H12N2O4. The van der Waals surface area contributed by atoms with Crippen LogP contribution >= 0.6 is 0 Å². The van der Waals surface area contributed by atoms with Gasteiger partial charge in [-0.1, -0.05) is 30.3 Å². The molecule has 1 heterocycles. The molecule has 6 nitrogen and oxygen atoms in total. The zero-order valence-corrected chi connectivity index (χ0v) is 8.91. The van der Waals surface area contributed by atoms with E-state index in [4.69, 9.17) is 20.9 Å². The number of rotatable bonds is 3. The molecule has 1 saturated heterocycles. The van der Waals surface area contributed by atoms with E-state index in [9.17, 15) is 9.59 Å². The van der Waals surface area contributed by atoms with E-state index in [-0.39, 0.29) is 0 Å². The highest BCUT2D eigenvalue weighted by Crippen LogP contribution is 2.30. The van der Waals surface area contributed by atoms with Crippen LogP contribution in [0.2, 0.25) is 0 Å². The van der Waals surface area contributed by atoms with Crippen molar-refractivity contribution in [3.8, 4) is 0 Å². The number of hydrogen-bond donors (Lipinski definition) is 2. The maximum absolute atomic E-state index is 11.1. The monoisotopic (exact) mass is 236 g/mol.